The van der Waals surface area contributed by atoms with Gasteiger partial charge >= 0.3 is 7.12 Å². The van der Waals surface area contributed by atoms with Crippen molar-refractivity contribution in [3.8, 4) is 11.5 Å². The van der Waals surface area contributed by atoms with E-state index in [1.165, 1.54) is 12.1 Å². The molecule has 188 valence electrons. The molecular weight excluding hydrogens is 505 g/mol. The highest BCUT2D eigenvalue weighted by Gasteiger charge is 2.51. The Labute approximate surface area is 231 Å². The van der Waals surface area contributed by atoms with E-state index < -0.39 is 82.4 Å². The van der Waals surface area contributed by atoms with E-state index in [0.29, 0.717) is 4.47 Å². The molecular formula is C26H36BBrF2O4. The summed E-state index contributed by atoms with van der Waals surface area (Å²) in [4.78, 5) is 0. The Morgan fingerprint density at radius 2 is 1.62 bits per heavy atom. The minimum absolute atomic E-state index is 0.0537. The molecule has 1 heterocycles. The number of benzene rings is 2. The molecule has 1 aliphatic rings. The quantitative estimate of drug-likeness (QED) is 0.348. The van der Waals surface area contributed by atoms with Gasteiger partial charge in [0.1, 0.15) is 23.1 Å². The number of hydrogen-bond acceptors (Lipinski definition) is 4. The lowest BCUT2D eigenvalue weighted by molar-refractivity contribution is 0.00578. The average Bonchev–Trinajstić information content (AvgIpc) is 3.05. The first kappa shape index (κ1) is 14.2. The monoisotopic (exact) mass is 554 g/mol. The number of ether oxygens (including phenoxy) is 2. The van der Waals surface area contributed by atoms with E-state index in [0.717, 1.165) is 24.3 Å². The second-order valence-corrected chi connectivity index (χ2v) is 9.30. The number of hydrogen-bond donors (Lipinski definition) is 0. The Morgan fingerprint density at radius 3 is 2.21 bits per heavy atom. The molecule has 0 spiro atoms. The van der Waals surface area contributed by atoms with E-state index in [2.05, 4.69) is 15.9 Å². The average molecular weight is 555 g/mol. The van der Waals surface area contributed by atoms with Crippen molar-refractivity contribution in [2.75, 3.05) is 6.61 Å². The third kappa shape index (κ3) is 8.24. The Hall–Kier alpha value is -1.64. The van der Waals surface area contributed by atoms with Crippen LogP contribution < -0.4 is 14.9 Å². The maximum Gasteiger partial charge on any atom is 0.495 e. The molecule has 1 saturated heterocycles. The molecule has 34 heavy (non-hydrogen) atoms. The molecule has 0 radical (unpaired) electrons. The third-order valence-electron chi connectivity index (χ3n) is 5.04. The molecule has 1 atom stereocenters. The Kier molecular flexibility index (Phi) is 4.95. The van der Waals surface area contributed by atoms with Crippen molar-refractivity contribution in [2.24, 2.45) is 5.89 Å². The molecule has 4 nitrogen and oxygen atoms in total. The summed E-state index contributed by atoms with van der Waals surface area (Å²) < 4.78 is 153. The van der Waals surface area contributed by atoms with Crippen molar-refractivity contribution in [1.82, 2.24) is 0 Å². The largest absolute Gasteiger partial charge is 0.495 e. The van der Waals surface area contributed by atoms with Gasteiger partial charge in [0.25, 0.3) is 0 Å². The summed E-state index contributed by atoms with van der Waals surface area (Å²) in [6, 6.07) is 6.82. The fourth-order valence-electron chi connectivity index (χ4n) is 2.70. The zero-order valence-electron chi connectivity index (χ0n) is 33.2. The van der Waals surface area contributed by atoms with Crippen LogP contribution in [-0.4, -0.2) is 31.0 Å². The predicted molar refractivity (Wildman–Crippen MR) is 137 cm³/mol. The SMILES string of the molecule is [2H]C([2H])([2H])C([2H])(COc1cc(F)cc(Br)c1)C([2H])([2H])[2H].[2H]C([2H])([2H])CC([2H])(Oc1cc(F)cc(B2OC(C)(C)C(C)(C)O2)c1)C([2H])([2H])[2H]. The molecule has 3 rings (SSSR count). The van der Waals surface area contributed by atoms with Gasteiger partial charge in [-0.05, 0) is 76.6 Å². The minimum Gasteiger partial charge on any atom is -0.493 e. The summed E-state index contributed by atoms with van der Waals surface area (Å²) in [6.45, 7) is -5.54. The topological polar surface area (TPSA) is 36.9 Å². The first-order chi connectivity index (χ1) is 21.2. The second-order valence-electron chi connectivity index (χ2n) is 8.38. The van der Waals surface area contributed by atoms with E-state index in [1.54, 1.807) is 0 Å². The van der Waals surface area contributed by atoms with Gasteiger partial charge in [0.05, 0.1) is 25.3 Å². The van der Waals surface area contributed by atoms with Crippen LogP contribution in [0.1, 0.15) is 80.7 Å². The van der Waals surface area contributed by atoms with E-state index in [9.17, 15) is 8.78 Å². The second kappa shape index (κ2) is 11.9. The molecule has 8 heteroatoms. The summed E-state index contributed by atoms with van der Waals surface area (Å²) in [5, 5.41) is 0. The third-order valence-corrected chi connectivity index (χ3v) is 5.50. The zero-order chi connectivity index (χ0) is 37.5. The van der Waals surface area contributed by atoms with Gasteiger partial charge in [0.2, 0.25) is 0 Å². The summed E-state index contributed by atoms with van der Waals surface area (Å²) in [6.07, 6.45) is -3.84. The molecule has 0 aliphatic carbocycles. The van der Waals surface area contributed by atoms with E-state index >= 15 is 0 Å². The minimum atomic E-state index is -3.07. The molecule has 0 N–H and O–H groups in total. The smallest absolute Gasteiger partial charge is 0.493 e. The van der Waals surface area contributed by atoms with Crippen LogP contribution in [0.2, 0.25) is 0 Å². The Morgan fingerprint density at radius 1 is 0.971 bits per heavy atom. The summed E-state index contributed by atoms with van der Waals surface area (Å²) in [5.41, 5.74) is -1.12. The highest BCUT2D eigenvalue weighted by molar-refractivity contribution is 9.10. The lowest BCUT2D eigenvalue weighted by Crippen LogP contribution is -2.41. The molecule has 1 fully saturated rings. The highest BCUT2D eigenvalue weighted by Crippen LogP contribution is 2.36. The van der Waals surface area contributed by atoms with Gasteiger partial charge in [-0.3, -0.25) is 0 Å². The fourth-order valence-corrected chi connectivity index (χ4v) is 3.15. The van der Waals surface area contributed by atoms with Gasteiger partial charge in [0.15, 0.2) is 0 Å². The van der Waals surface area contributed by atoms with Crippen molar-refractivity contribution in [3.63, 3.8) is 0 Å². The normalized spacial score (nSPS) is 26.0. The van der Waals surface area contributed by atoms with E-state index in [-0.39, 0.29) is 17.0 Å². The molecule has 2 aromatic carbocycles. The molecule has 1 unspecified atom stereocenters. The van der Waals surface area contributed by atoms with Crippen LogP contribution in [0, 0.1) is 17.5 Å². The van der Waals surface area contributed by atoms with Gasteiger partial charge in [-0.1, -0.05) is 36.5 Å². The summed E-state index contributed by atoms with van der Waals surface area (Å²) in [7, 11) is -0.932. The highest BCUT2D eigenvalue weighted by atomic mass is 79.9. The Balaban J connectivity index is 0.000000353. The van der Waals surface area contributed by atoms with Gasteiger partial charge in [-0.25, -0.2) is 8.78 Å². The van der Waals surface area contributed by atoms with Crippen LogP contribution in [0.4, 0.5) is 8.78 Å². The first-order valence-corrected chi connectivity index (χ1v) is 11.0. The van der Waals surface area contributed by atoms with Crippen LogP contribution >= 0.6 is 15.9 Å². The van der Waals surface area contributed by atoms with Crippen LogP contribution in [-0.2, 0) is 9.31 Å². The van der Waals surface area contributed by atoms with Gasteiger partial charge in [0, 0.05) is 34.4 Å². The van der Waals surface area contributed by atoms with Crippen LogP contribution in [0.25, 0.3) is 0 Å². The molecule has 0 aromatic heterocycles. The van der Waals surface area contributed by atoms with Crippen LogP contribution in [0.5, 0.6) is 11.5 Å². The summed E-state index contributed by atoms with van der Waals surface area (Å²) in [5.74, 6) is -4.53. The van der Waals surface area contributed by atoms with Crippen LogP contribution in [0.3, 0.4) is 0 Å². The lowest BCUT2D eigenvalue weighted by atomic mass is 9.79. The fraction of sp³-hybridized carbons (Fsp3) is 0.538. The maximum absolute atomic E-state index is 14.2. The van der Waals surface area contributed by atoms with Crippen molar-refractivity contribution < 1.29 is 46.8 Å². The van der Waals surface area contributed by atoms with Crippen molar-refractivity contribution in [1.29, 1.82) is 0 Å². The summed E-state index contributed by atoms with van der Waals surface area (Å²) >= 11 is 3.02. The Bertz CT molecular complexity index is 1380. The zero-order valence-corrected chi connectivity index (χ0v) is 20.8. The number of rotatable bonds is 7. The lowest BCUT2D eigenvalue weighted by Gasteiger charge is -2.32. The molecule has 2 aromatic rings. The van der Waals surface area contributed by atoms with Gasteiger partial charge in [-0.2, -0.15) is 0 Å². The van der Waals surface area contributed by atoms with Crippen molar-refractivity contribution in [3.05, 3.63) is 52.5 Å². The molecule has 0 saturated carbocycles. The van der Waals surface area contributed by atoms with Gasteiger partial charge in [-0.15, -0.1) is 0 Å². The maximum atomic E-state index is 14.2. The molecule has 1 aliphatic heterocycles. The number of halogens is 3. The predicted octanol–water partition coefficient (Wildman–Crippen LogP) is 6.93. The van der Waals surface area contributed by atoms with E-state index in [4.69, 9.17) is 38.0 Å². The standard InChI is InChI=1S/C16H24BFO3.C10H12BrFO/c1-7-11(2)19-14-9-12(8-13(18)10-14)17-20-15(3,4)16(5,6)21-17;1-7(2)6-13-10-4-8(11)3-9(12)5-10/h8-11H,7H2,1-6H3;3-5,7H,6H2,1-2H3/i1D3,2D3,11D;1D3,2D3,7D. The van der Waals surface area contributed by atoms with Crippen molar-refractivity contribution >= 4 is 28.5 Å². The first-order valence-electron chi connectivity index (χ1n) is 17.2. The molecule has 0 bridgehead atoms. The van der Waals surface area contributed by atoms with E-state index in [1.807, 2.05) is 27.7 Å². The van der Waals surface area contributed by atoms with Gasteiger partial charge < -0.3 is 18.8 Å². The molecule has 0 amide bonds. The van der Waals surface area contributed by atoms with Crippen molar-refractivity contribution in [2.45, 2.75) is 78.8 Å². The van der Waals surface area contributed by atoms with Crippen LogP contribution in [0.15, 0.2) is 40.9 Å².